The summed E-state index contributed by atoms with van der Waals surface area (Å²) >= 11 is 0. The Morgan fingerprint density at radius 3 is 1.80 bits per heavy atom. The van der Waals surface area contributed by atoms with E-state index >= 15 is 0 Å². The molecule has 3 heterocycles. The number of hydrogen-bond acceptors (Lipinski definition) is 4. The van der Waals surface area contributed by atoms with E-state index in [0.717, 1.165) is 61.5 Å². The second-order valence-electron chi connectivity index (χ2n) is 21.5. The van der Waals surface area contributed by atoms with E-state index in [4.69, 9.17) is 16.3 Å². The molecule has 0 bridgehead atoms. The predicted octanol–water partition coefficient (Wildman–Crippen LogP) is 16.4. The Hall–Kier alpha value is -6.15. The Labute approximate surface area is 406 Å². The van der Waals surface area contributed by atoms with Crippen LogP contribution in [0.4, 0.5) is 28.4 Å². The number of aromatic nitrogens is 2. The van der Waals surface area contributed by atoms with Crippen molar-refractivity contribution in [2.24, 2.45) is 0 Å². The number of pyridine rings is 1. The molecule has 0 atom stereocenters. The van der Waals surface area contributed by atoms with Gasteiger partial charge < -0.3 is 19.1 Å². The smallest absolute Gasteiger partial charge is 0.249 e. The fraction of sp³-hybridized carbons (Fsp3) is 0.271. The van der Waals surface area contributed by atoms with Crippen molar-refractivity contribution in [3.05, 3.63) is 180 Å². The van der Waals surface area contributed by atoms with Gasteiger partial charge in [0, 0.05) is 55.6 Å². The molecule has 2 aromatic heterocycles. The zero-order valence-electron chi connectivity index (χ0n) is 40.2. The standard InChI is InChI=1S/C59H58N5O.Pt/c1-56(2,3)40-24-22-38(23-25-40)39-28-44(62-37-63(52-21-17-16-20-51(52)62)45-31-42(58(7,8)9)30-43(32-45)59(10,11)12)34-46(29-39)65-54-36-53-48(35-49(54)60-13)47-18-14-15-19-50(47)64(53)55-33-41(26-27-61-55)57(4,5)6;/h14-33,35,37H,1-12H3;/q-3;. The molecule has 0 amide bonds. The molecule has 0 unspecified atom stereocenters. The molecule has 0 N–H and O–H groups in total. The summed E-state index contributed by atoms with van der Waals surface area (Å²) in [7, 11) is 0. The first-order chi connectivity index (χ1) is 30.7. The van der Waals surface area contributed by atoms with E-state index in [2.05, 4.69) is 218 Å². The number of rotatable bonds is 6. The number of benzene rings is 6. The van der Waals surface area contributed by atoms with Crippen molar-refractivity contribution in [2.45, 2.75) is 105 Å². The minimum Gasteiger partial charge on any atom is -0.501 e. The van der Waals surface area contributed by atoms with E-state index in [0.29, 0.717) is 17.2 Å². The van der Waals surface area contributed by atoms with Gasteiger partial charge in [0.1, 0.15) is 18.1 Å². The average molecular weight is 1050 g/mol. The molecule has 1 aliphatic rings. The second-order valence-corrected chi connectivity index (χ2v) is 21.5. The molecule has 6 nitrogen and oxygen atoms in total. The Bertz CT molecular complexity index is 3130. The van der Waals surface area contributed by atoms with Gasteiger partial charge in [0.25, 0.3) is 0 Å². The fourth-order valence-electron chi connectivity index (χ4n) is 8.59. The molecule has 0 saturated heterocycles. The summed E-state index contributed by atoms with van der Waals surface area (Å²) in [4.78, 5) is 13.4. The van der Waals surface area contributed by atoms with Gasteiger partial charge in [0.2, 0.25) is 5.69 Å². The third kappa shape index (κ3) is 8.79. The summed E-state index contributed by atoms with van der Waals surface area (Å²) in [6, 6.07) is 50.2. The summed E-state index contributed by atoms with van der Waals surface area (Å²) in [5, 5.41) is 1.93. The maximum absolute atomic E-state index is 8.40. The molecule has 0 spiro atoms. The molecule has 6 aromatic carbocycles. The monoisotopic (exact) mass is 1050 g/mol. The van der Waals surface area contributed by atoms with Crippen LogP contribution in [-0.4, -0.2) is 9.55 Å². The van der Waals surface area contributed by atoms with Crippen molar-refractivity contribution >= 4 is 50.2 Å². The van der Waals surface area contributed by atoms with Crippen LogP contribution in [0.3, 0.4) is 0 Å². The summed E-state index contributed by atoms with van der Waals surface area (Å²) < 4.78 is 9.04. The molecule has 0 aliphatic carbocycles. The van der Waals surface area contributed by atoms with Crippen molar-refractivity contribution in [3.8, 4) is 28.4 Å². The fourth-order valence-corrected chi connectivity index (χ4v) is 8.59. The van der Waals surface area contributed by atoms with Gasteiger partial charge in [0.15, 0.2) is 0 Å². The van der Waals surface area contributed by atoms with Gasteiger partial charge in [-0.3, -0.25) is 0 Å². The maximum Gasteiger partial charge on any atom is 0.249 e. The molecular weight excluding hydrogens is 990 g/mol. The van der Waals surface area contributed by atoms with Crippen LogP contribution in [0.25, 0.3) is 43.6 Å². The van der Waals surface area contributed by atoms with Crippen LogP contribution in [0.1, 0.15) is 105 Å². The van der Waals surface area contributed by atoms with Crippen molar-refractivity contribution in [1.82, 2.24) is 9.55 Å². The number of ether oxygens (including phenoxy) is 1. The van der Waals surface area contributed by atoms with E-state index in [1.807, 2.05) is 30.5 Å². The van der Waals surface area contributed by atoms with E-state index in [1.165, 1.54) is 22.3 Å². The first-order valence-electron chi connectivity index (χ1n) is 22.6. The number of hydrogen-bond donors (Lipinski definition) is 0. The van der Waals surface area contributed by atoms with Gasteiger partial charge in [0.05, 0.1) is 0 Å². The maximum atomic E-state index is 8.40. The zero-order valence-corrected chi connectivity index (χ0v) is 42.4. The minimum atomic E-state index is -0.0759. The largest absolute Gasteiger partial charge is 0.501 e. The van der Waals surface area contributed by atoms with Gasteiger partial charge in [-0.15, -0.1) is 42.2 Å². The van der Waals surface area contributed by atoms with Gasteiger partial charge in [-0.2, -0.15) is 0 Å². The summed E-state index contributed by atoms with van der Waals surface area (Å²) in [5.74, 6) is 1.58. The SMILES string of the molecule is [C-]#[N+]c1cc2c3ccccc3n(-c3cc(C(C)(C)C)ccn3)c2[c-]c1Oc1[c-]c(N2[CH-]N(c3cc(C(C)(C)C)cc(C(C)(C)C)c3)c3ccccc32)cc(-c2ccc(C(C)(C)C)cc2)c1.[Pt]. The molecule has 9 rings (SSSR count). The Kier molecular flexibility index (Phi) is 11.9. The second kappa shape index (κ2) is 16.9. The van der Waals surface area contributed by atoms with E-state index in [9.17, 15) is 0 Å². The van der Waals surface area contributed by atoms with Crippen LogP contribution in [0.2, 0.25) is 0 Å². The van der Waals surface area contributed by atoms with Crippen LogP contribution < -0.4 is 14.5 Å². The summed E-state index contributed by atoms with van der Waals surface area (Å²) in [5.41, 5.74) is 13.0. The molecular formula is C59H58N5OPt-3. The van der Waals surface area contributed by atoms with Crippen molar-refractivity contribution in [1.29, 1.82) is 0 Å². The van der Waals surface area contributed by atoms with Gasteiger partial charge >= 0.3 is 0 Å². The normalized spacial score (nSPS) is 13.2. The third-order valence-corrected chi connectivity index (χ3v) is 12.6. The molecule has 0 fully saturated rings. The molecule has 0 radical (unpaired) electrons. The number of fused-ring (bicyclic) bond motifs is 4. The molecule has 338 valence electrons. The Balaban J connectivity index is 0.00000592. The topological polar surface area (TPSA) is 37.9 Å². The molecule has 66 heavy (non-hydrogen) atoms. The summed E-state index contributed by atoms with van der Waals surface area (Å²) in [6.45, 7) is 37.5. The Morgan fingerprint density at radius 2 is 1.18 bits per heavy atom. The van der Waals surface area contributed by atoms with E-state index < -0.39 is 0 Å². The molecule has 7 heteroatoms. The van der Waals surface area contributed by atoms with Crippen molar-refractivity contribution < 1.29 is 25.8 Å². The average Bonchev–Trinajstić information content (AvgIpc) is 3.81. The van der Waals surface area contributed by atoms with Crippen LogP contribution in [0.15, 0.2) is 128 Å². The number of para-hydroxylation sites is 3. The number of nitrogens with zero attached hydrogens (tertiary/aromatic N) is 5. The van der Waals surface area contributed by atoms with Gasteiger partial charge in [-0.05, 0) is 97.3 Å². The van der Waals surface area contributed by atoms with E-state index in [-0.39, 0.29) is 42.7 Å². The van der Waals surface area contributed by atoms with Gasteiger partial charge in [-0.1, -0.05) is 161 Å². The molecule has 8 aromatic rings. The van der Waals surface area contributed by atoms with Crippen LogP contribution in [0, 0.1) is 25.4 Å². The van der Waals surface area contributed by atoms with Crippen molar-refractivity contribution in [2.75, 3.05) is 9.80 Å². The van der Waals surface area contributed by atoms with E-state index in [1.54, 1.807) is 0 Å². The van der Waals surface area contributed by atoms with Crippen LogP contribution in [0.5, 0.6) is 11.5 Å². The van der Waals surface area contributed by atoms with Crippen LogP contribution in [-0.2, 0) is 42.7 Å². The third-order valence-electron chi connectivity index (χ3n) is 12.6. The first-order valence-corrected chi connectivity index (χ1v) is 22.6. The van der Waals surface area contributed by atoms with Crippen LogP contribution >= 0.6 is 0 Å². The van der Waals surface area contributed by atoms with Crippen molar-refractivity contribution in [3.63, 3.8) is 0 Å². The minimum absolute atomic E-state index is 0. The summed E-state index contributed by atoms with van der Waals surface area (Å²) in [6.07, 6.45) is 1.87. The zero-order chi connectivity index (χ0) is 46.2. The Morgan fingerprint density at radius 1 is 0.576 bits per heavy atom. The molecule has 1 aliphatic heterocycles. The number of anilines is 4. The molecule has 0 saturated carbocycles. The van der Waals surface area contributed by atoms with Gasteiger partial charge in [-0.25, -0.2) is 9.83 Å². The quantitative estimate of drug-likeness (QED) is 0.156. The predicted molar refractivity (Wildman–Crippen MR) is 271 cm³/mol. The first kappa shape index (κ1) is 46.4.